The zero-order valence-electron chi connectivity index (χ0n) is 11.1. The number of hydrogen-bond donors (Lipinski definition) is 1. The van der Waals surface area contributed by atoms with Crippen LogP contribution in [0.15, 0.2) is 24.3 Å². The lowest BCUT2D eigenvalue weighted by molar-refractivity contribution is 0.0289. The number of benzene rings is 1. The number of alkyl halides is 1. The molecule has 2 rings (SSSR count). The molecule has 1 heterocycles. The molecule has 0 spiro atoms. The van der Waals surface area contributed by atoms with Crippen LogP contribution in [0.5, 0.6) is 0 Å². The first-order chi connectivity index (χ1) is 8.23. The van der Waals surface area contributed by atoms with Gasteiger partial charge in [-0.1, -0.05) is 32.9 Å². The van der Waals surface area contributed by atoms with E-state index in [9.17, 15) is 5.11 Å². The van der Waals surface area contributed by atoms with Gasteiger partial charge >= 0.3 is 0 Å². The molecule has 2 atom stereocenters. The van der Waals surface area contributed by atoms with Crippen molar-refractivity contribution in [1.82, 2.24) is 4.98 Å². The first kappa shape index (κ1) is 13.8. The van der Waals surface area contributed by atoms with Gasteiger partial charge in [-0.05, 0) is 24.5 Å². The lowest BCUT2D eigenvalue weighted by Crippen LogP contribution is -2.41. The van der Waals surface area contributed by atoms with Gasteiger partial charge < -0.3 is 5.11 Å². The molecule has 0 unspecified atom stereocenters. The van der Waals surface area contributed by atoms with Crippen LogP contribution < -0.4 is 0 Å². The molecular weight excluding hydrogens is 266 g/mol. The minimum atomic E-state index is -0.859. The minimum absolute atomic E-state index is 0.283. The minimum Gasteiger partial charge on any atom is -0.390 e. The molecular formula is C14H18ClNOS. The Kier molecular flexibility index (Phi) is 3.43. The molecule has 0 radical (unpaired) electrons. The summed E-state index contributed by atoms with van der Waals surface area (Å²) in [6.45, 7) is 7.77. The molecule has 0 fully saturated rings. The van der Waals surface area contributed by atoms with Gasteiger partial charge in [0.25, 0.3) is 0 Å². The van der Waals surface area contributed by atoms with Crippen molar-refractivity contribution in [2.45, 2.75) is 38.7 Å². The van der Waals surface area contributed by atoms with E-state index in [1.807, 2.05) is 52.0 Å². The van der Waals surface area contributed by atoms with Crippen molar-refractivity contribution < 1.29 is 5.11 Å². The fourth-order valence-corrected chi connectivity index (χ4v) is 3.53. The maximum absolute atomic E-state index is 10.4. The van der Waals surface area contributed by atoms with Crippen molar-refractivity contribution in [3.8, 4) is 0 Å². The molecule has 2 nitrogen and oxygen atoms in total. The Bertz CT molecular complexity index is 523. The van der Waals surface area contributed by atoms with Crippen LogP contribution in [-0.4, -0.2) is 16.2 Å². The van der Waals surface area contributed by atoms with E-state index in [4.69, 9.17) is 11.6 Å². The van der Waals surface area contributed by atoms with Crippen LogP contribution in [0.1, 0.15) is 32.7 Å². The van der Waals surface area contributed by atoms with Crippen LogP contribution in [0.2, 0.25) is 0 Å². The van der Waals surface area contributed by atoms with Gasteiger partial charge in [-0.3, -0.25) is 0 Å². The summed E-state index contributed by atoms with van der Waals surface area (Å²) in [4.78, 5) is 3.69. The van der Waals surface area contributed by atoms with Gasteiger partial charge in [-0.15, -0.1) is 22.9 Å². The Hall–Kier alpha value is -0.640. The highest BCUT2D eigenvalue weighted by molar-refractivity contribution is 7.18. The summed E-state index contributed by atoms with van der Waals surface area (Å²) in [5.41, 5.74) is 0.652. The Morgan fingerprint density at radius 1 is 1.22 bits per heavy atom. The Morgan fingerprint density at radius 2 is 1.83 bits per heavy atom. The monoisotopic (exact) mass is 283 g/mol. The van der Waals surface area contributed by atoms with Crippen molar-refractivity contribution in [2.24, 2.45) is 5.41 Å². The smallest absolute Gasteiger partial charge is 0.120 e. The summed E-state index contributed by atoms with van der Waals surface area (Å²) >= 11 is 8.11. The van der Waals surface area contributed by atoms with Gasteiger partial charge in [0, 0.05) is 0 Å². The normalized spacial score (nSPS) is 17.7. The molecule has 0 bridgehead atoms. The summed E-state index contributed by atoms with van der Waals surface area (Å²) < 4.78 is 1.10. The number of aromatic nitrogens is 1. The zero-order chi connectivity index (χ0) is 13.6. The van der Waals surface area contributed by atoms with Gasteiger partial charge in [0.2, 0.25) is 0 Å². The molecule has 0 amide bonds. The average molecular weight is 284 g/mol. The fraction of sp³-hybridized carbons (Fsp3) is 0.500. The van der Waals surface area contributed by atoms with Gasteiger partial charge in [0.1, 0.15) is 9.88 Å². The van der Waals surface area contributed by atoms with E-state index in [0.29, 0.717) is 0 Å². The summed E-state index contributed by atoms with van der Waals surface area (Å²) in [6, 6.07) is 7.92. The van der Waals surface area contributed by atoms with Crippen LogP contribution in [0, 0.1) is 5.41 Å². The van der Waals surface area contributed by atoms with Crippen molar-refractivity contribution in [1.29, 1.82) is 0 Å². The third-order valence-electron chi connectivity index (χ3n) is 3.05. The standard InChI is InChI=1S/C14H18ClNOS/c1-13(2,3)11(17)14(4,15)12-16-9-7-5-6-8-10(9)18-12/h5-8,11,17H,1-4H3/t11-,14-/m1/s1. The molecule has 1 N–H and O–H groups in total. The Labute approximate surface area is 117 Å². The molecule has 0 aliphatic heterocycles. The van der Waals surface area contributed by atoms with E-state index < -0.39 is 11.0 Å². The molecule has 0 aliphatic carbocycles. The quantitative estimate of drug-likeness (QED) is 0.840. The maximum atomic E-state index is 10.4. The number of aliphatic hydroxyl groups excluding tert-OH is 1. The van der Waals surface area contributed by atoms with Crippen molar-refractivity contribution >= 4 is 33.2 Å². The van der Waals surface area contributed by atoms with Crippen molar-refractivity contribution in [3.05, 3.63) is 29.3 Å². The first-order valence-electron chi connectivity index (χ1n) is 5.96. The largest absolute Gasteiger partial charge is 0.390 e. The number of thiazole rings is 1. The van der Waals surface area contributed by atoms with Crippen molar-refractivity contribution in [2.75, 3.05) is 0 Å². The van der Waals surface area contributed by atoms with Gasteiger partial charge in [0.15, 0.2) is 0 Å². The lowest BCUT2D eigenvalue weighted by atomic mass is 9.82. The Balaban J connectivity index is 2.46. The topological polar surface area (TPSA) is 33.1 Å². The van der Waals surface area contributed by atoms with Crippen LogP contribution in [0.4, 0.5) is 0 Å². The maximum Gasteiger partial charge on any atom is 0.120 e. The number of aliphatic hydroxyl groups is 1. The number of halogens is 1. The zero-order valence-corrected chi connectivity index (χ0v) is 12.6. The number of rotatable bonds is 2. The molecule has 0 saturated heterocycles. The van der Waals surface area contributed by atoms with E-state index in [-0.39, 0.29) is 5.41 Å². The number of hydrogen-bond acceptors (Lipinski definition) is 3. The van der Waals surface area contributed by atoms with Crippen LogP contribution >= 0.6 is 22.9 Å². The highest BCUT2D eigenvalue weighted by Gasteiger charge is 2.42. The predicted octanol–water partition coefficient (Wildman–Crippen LogP) is 4.16. The van der Waals surface area contributed by atoms with E-state index in [2.05, 4.69) is 4.98 Å². The van der Waals surface area contributed by atoms with Crippen molar-refractivity contribution in [3.63, 3.8) is 0 Å². The van der Waals surface area contributed by atoms with Gasteiger partial charge in [0.05, 0.1) is 16.3 Å². The van der Waals surface area contributed by atoms with Gasteiger partial charge in [-0.2, -0.15) is 0 Å². The number of nitrogens with zero attached hydrogens (tertiary/aromatic N) is 1. The second-order valence-corrected chi connectivity index (χ2v) is 7.65. The van der Waals surface area contributed by atoms with E-state index in [1.54, 1.807) is 11.3 Å². The third-order valence-corrected chi connectivity index (χ3v) is 4.82. The molecule has 2 aromatic rings. The SMILES string of the molecule is CC(C)(C)[C@@H](O)[C@@](C)(Cl)c1nc2ccccc2s1. The third kappa shape index (κ3) is 2.40. The summed E-state index contributed by atoms with van der Waals surface area (Å²) in [7, 11) is 0. The first-order valence-corrected chi connectivity index (χ1v) is 7.15. The summed E-state index contributed by atoms with van der Waals surface area (Å²) in [5, 5.41) is 11.2. The van der Waals surface area contributed by atoms with Crippen LogP contribution in [0.25, 0.3) is 10.2 Å². The lowest BCUT2D eigenvalue weighted by Gasteiger charge is -2.35. The van der Waals surface area contributed by atoms with E-state index in [1.165, 1.54) is 0 Å². The number of para-hydroxylation sites is 1. The predicted molar refractivity (Wildman–Crippen MR) is 78.3 cm³/mol. The highest BCUT2D eigenvalue weighted by atomic mass is 35.5. The summed E-state index contributed by atoms with van der Waals surface area (Å²) in [6.07, 6.45) is -0.660. The molecule has 1 aromatic carbocycles. The molecule has 0 aliphatic rings. The number of fused-ring (bicyclic) bond motifs is 1. The average Bonchev–Trinajstić information content (AvgIpc) is 2.70. The molecule has 18 heavy (non-hydrogen) atoms. The van der Waals surface area contributed by atoms with Gasteiger partial charge in [-0.25, -0.2) is 4.98 Å². The molecule has 98 valence electrons. The highest BCUT2D eigenvalue weighted by Crippen LogP contribution is 2.42. The molecule has 4 heteroatoms. The second-order valence-electron chi connectivity index (χ2n) is 5.83. The van der Waals surface area contributed by atoms with E-state index in [0.717, 1.165) is 15.2 Å². The second kappa shape index (κ2) is 4.48. The Morgan fingerprint density at radius 3 is 2.39 bits per heavy atom. The molecule has 0 saturated carbocycles. The molecule has 1 aromatic heterocycles. The summed E-state index contributed by atoms with van der Waals surface area (Å²) in [5.74, 6) is 0. The fourth-order valence-electron chi connectivity index (χ4n) is 2.01. The van der Waals surface area contributed by atoms with Crippen LogP contribution in [0.3, 0.4) is 0 Å². The van der Waals surface area contributed by atoms with E-state index >= 15 is 0 Å². The van der Waals surface area contributed by atoms with Crippen LogP contribution in [-0.2, 0) is 4.87 Å².